The number of primary amides is 1. The Labute approximate surface area is 264 Å². The highest BCUT2D eigenvalue weighted by molar-refractivity contribution is 6.37. The number of benzene rings is 1. The minimum absolute atomic E-state index is 0.0910. The molecule has 0 spiro atoms. The van der Waals surface area contributed by atoms with Crippen molar-refractivity contribution in [2.45, 2.75) is 103 Å². The van der Waals surface area contributed by atoms with E-state index in [-0.39, 0.29) is 40.9 Å². The smallest absolute Gasteiger partial charge is 0.287 e. The van der Waals surface area contributed by atoms with Gasteiger partial charge < -0.3 is 26.6 Å². The van der Waals surface area contributed by atoms with E-state index in [1.807, 2.05) is 6.07 Å². The fourth-order valence-electron chi connectivity index (χ4n) is 7.95. The lowest BCUT2D eigenvalue weighted by Gasteiger charge is -2.38. The van der Waals surface area contributed by atoms with Crippen LogP contribution in [0.2, 0.25) is 0 Å². The van der Waals surface area contributed by atoms with Gasteiger partial charge in [0, 0.05) is 13.5 Å². The fraction of sp³-hybridized carbons (Fsp3) is 0.647. The molecule has 5 amide bonds. The fourth-order valence-corrected chi connectivity index (χ4v) is 7.95. The van der Waals surface area contributed by atoms with Crippen molar-refractivity contribution in [1.29, 1.82) is 0 Å². The summed E-state index contributed by atoms with van der Waals surface area (Å²) in [6.07, 6.45) is 7.66. The number of fused-ring (bicyclic) bond motifs is 1. The summed E-state index contributed by atoms with van der Waals surface area (Å²) in [5.41, 5.74) is 5.77. The number of carbonyl (C=O) groups excluding carboxylic acids is 6. The number of carbonyl (C=O) groups is 6. The summed E-state index contributed by atoms with van der Waals surface area (Å²) in [6.45, 7) is 5.85. The number of hydrogen-bond acceptors (Lipinski definition) is 6. The minimum Gasteiger partial charge on any atom is -0.363 e. The van der Waals surface area contributed by atoms with Gasteiger partial charge in [0.15, 0.2) is 0 Å². The van der Waals surface area contributed by atoms with Crippen LogP contribution in [0.1, 0.15) is 90.2 Å². The number of likely N-dealkylation sites (tertiary alicyclic amines) is 1. The molecule has 0 radical (unpaired) electrons. The van der Waals surface area contributed by atoms with Crippen LogP contribution in [-0.2, 0) is 28.8 Å². The second-order valence-electron chi connectivity index (χ2n) is 14.1. The maximum absolute atomic E-state index is 14.5. The van der Waals surface area contributed by atoms with E-state index in [2.05, 4.69) is 29.8 Å². The van der Waals surface area contributed by atoms with Gasteiger partial charge in [0.2, 0.25) is 29.4 Å². The van der Waals surface area contributed by atoms with Crippen molar-refractivity contribution in [3.8, 4) is 0 Å². The van der Waals surface area contributed by atoms with Crippen molar-refractivity contribution in [3.05, 3.63) is 35.9 Å². The van der Waals surface area contributed by atoms with Gasteiger partial charge in [0.05, 0.1) is 6.04 Å². The summed E-state index contributed by atoms with van der Waals surface area (Å²) in [7, 11) is 0. The van der Waals surface area contributed by atoms with E-state index in [0.29, 0.717) is 18.5 Å². The van der Waals surface area contributed by atoms with Crippen LogP contribution in [0, 0.1) is 29.1 Å². The molecule has 5 rings (SSSR count). The number of nitrogens with zero attached hydrogens (tertiary/aromatic N) is 1. The molecule has 5 N–H and O–H groups in total. The molecule has 2 unspecified atom stereocenters. The van der Waals surface area contributed by atoms with Gasteiger partial charge in [-0.1, -0.05) is 82.7 Å². The Morgan fingerprint density at radius 1 is 0.911 bits per heavy atom. The van der Waals surface area contributed by atoms with E-state index in [1.165, 1.54) is 6.92 Å². The molecule has 3 saturated carbocycles. The van der Waals surface area contributed by atoms with Crippen LogP contribution in [0.5, 0.6) is 0 Å². The van der Waals surface area contributed by atoms with Gasteiger partial charge in [-0.3, -0.25) is 28.8 Å². The quantitative estimate of drug-likeness (QED) is 0.261. The van der Waals surface area contributed by atoms with Gasteiger partial charge >= 0.3 is 0 Å². The number of piperidine rings is 1. The lowest BCUT2D eigenvalue weighted by atomic mass is 9.80. The molecule has 3 aliphatic carbocycles. The second kappa shape index (κ2) is 13.3. The predicted octanol–water partition coefficient (Wildman–Crippen LogP) is 2.14. The first-order valence-corrected chi connectivity index (χ1v) is 16.5. The molecule has 1 heterocycles. The van der Waals surface area contributed by atoms with Crippen molar-refractivity contribution < 1.29 is 28.8 Å². The number of rotatable bonds is 12. The summed E-state index contributed by atoms with van der Waals surface area (Å²) in [4.78, 5) is 80.6. The second-order valence-corrected chi connectivity index (χ2v) is 14.1. The number of Topliss-reactive ketones (excluding diaryl/α,β-unsaturated/α-hetero) is 1. The molecule has 11 nitrogen and oxygen atoms in total. The highest BCUT2D eigenvalue weighted by Gasteiger charge is 2.69. The van der Waals surface area contributed by atoms with Gasteiger partial charge in [-0.25, -0.2) is 0 Å². The Hall–Kier alpha value is -3.76. The number of nitrogens with one attached hydrogen (secondary N) is 3. The molecule has 0 aromatic heterocycles. The van der Waals surface area contributed by atoms with E-state index < -0.39 is 47.7 Å². The molecule has 4 fully saturated rings. The molecule has 1 saturated heterocycles. The van der Waals surface area contributed by atoms with Gasteiger partial charge in [0.25, 0.3) is 5.91 Å². The summed E-state index contributed by atoms with van der Waals surface area (Å²) >= 11 is 0. The van der Waals surface area contributed by atoms with Crippen LogP contribution in [0.3, 0.4) is 0 Å². The van der Waals surface area contributed by atoms with E-state index in [1.54, 1.807) is 29.2 Å². The molecular weight excluding hydrogens is 574 g/mol. The normalized spacial score (nSPS) is 25.9. The van der Waals surface area contributed by atoms with E-state index in [0.717, 1.165) is 51.4 Å². The van der Waals surface area contributed by atoms with Gasteiger partial charge in [-0.05, 0) is 53.9 Å². The molecule has 1 aromatic carbocycles. The van der Waals surface area contributed by atoms with Crippen molar-refractivity contribution in [2.24, 2.45) is 34.8 Å². The monoisotopic (exact) mass is 621 g/mol. The first-order chi connectivity index (χ1) is 21.4. The molecule has 11 heteroatoms. The van der Waals surface area contributed by atoms with Crippen LogP contribution in [0.25, 0.3) is 0 Å². The number of nitrogens with two attached hydrogens (primary N) is 1. The highest BCUT2D eigenvalue weighted by atomic mass is 16.2. The lowest BCUT2D eigenvalue weighted by molar-refractivity contribution is -0.146. The molecule has 244 valence electrons. The Morgan fingerprint density at radius 3 is 2.16 bits per heavy atom. The van der Waals surface area contributed by atoms with Gasteiger partial charge in [-0.2, -0.15) is 0 Å². The first kappa shape index (κ1) is 32.6. The SMILES string of the molecule is CC(=O)N[C@H](C(=O)N[C@H](C(=O)N1C[C@H]2C([C@H]1C(=O)NC(CC1CCC1)C(=O)C(N)=O)C2(C)C)C1CCCCC1)c1ccccc1. The number of hydrogen-bond donors (Lipinski definition) is 4. The largest absolute Gasteiger partial charge is 0.363 e. The molecule has 1 aliphatic heterocycles. The summed E-state index contributed by atoms with van der Waals surface area (Å²) in [5.74, 6) is -3.48. The van der Waals surface area contributed by atoms with Crippen molar-refractivity contribution in [1.82, 2.24) is 20.9 Å². The average Bonchev–Trinajstić information content (AvgIpc) is 3.30. The maximum Gasteiger partial charge on any atom is 0.287 e. The zero-order chi connectivity index (χ0) is 32.5. The Morgan fingerprint density at radius 2 is 1.58 bits per heavy atom. The summed E-state index contributed by atoms with van der Waals surface area (Å²) in [6, 6.07) is 5.14. The Kier molecular flexibility index (Phi) is 9.65. The van der Waals surface area contributed by atoms with Crippen LogP contribution in [0.15, 0.2) is 30.3 Å². The number of amides is 5. The average molecular weight is 622 g/mol. The maximum atomic E-state index is 14.5. The third kappa shape index (κ3) is 6.92. The molecule has 4 aliphatic rings. The van der Waals surface area contributed by atoms with Crippen LogP contribution in [-0.4, -0.2) is 64.9 Å². The summed E-state index contributed by atoms with van der Waals surface area (Å²) in [5, 5.41) is 8.54. The molecule has 45 heavy (non-hydrogen) atoms. The van der Waals surface area contributed by atoms with Gasteiger partial charge in [0.1, 0.15) is 18.1 Å². The van der Waals surface area contributed by atoms with E-state index >= 15 is 0 Å². The van der Waals surface area contributed by atoms with Crippen LogP contribution < -0.4 is 21.7 Å². The standard InChI is InChI=1S/C34H47N5O6/c1-19(40)36-26(21-13-6-4-7-14-21)31(43)38-27(22-15-8-5-9-16-22)33(45)39-18-23-25(34(23,2)3)28(39)32(44)37-24(29(41)30(35)42)17-20-11-10-12-20/h4,6-7,13-14,20,22-28H,5,8-12,15-18H2,1-3H3,(H2,35,42)(H,36,40)(H,37,44)(H,38,43)/t23-,24?,25?,26-,27-,28-/m0/s1. The van der Waals surface area contributed by atoms with Crippen LogP contribution in [0.4, 0.5) is 0 Å². The minimum atomic E-state index is -1.09. The van der Waals surface area contributed by atoms with Crippen molar-refractivity contribution in [3.63, 3.8) is 0 Å². The lowest BCUT2D eigenvalue weighted by Crippen LogP contribution is -2.60. The Balaban J connectivity index is 1.40. The van der Waals surface area contributed by atoms with Crippen molar-refractivity contribution >= 4 is 35.3 Å². The van der Waals surface area contributed by atoms with Crippen molar-refractivity contribution in [2.75, 3.05) is 6.54 Å². The predicted molar refractivity (Wildman–Crippen MR) is 166 cm³/mol. The third-order valence-electron chi connectivity index (χ3n) is 10.9. The molecule has 0 bridgehead atoms. The van der Waals surface area contributed by atoms with E-state index in [4.69, 9.17) is 5.73 Å². The molecular formula is C34H47N5O6. The first-order valence-electron chi connectivity index (χ1n) is 16.5. The Bertz CT molecular complexity index is 1320. The van der Waals surface area contributed by atoms with E-state index in [9.17, 15) is 28.8 Å². The zero-order valence-corrected chi connectivity index (χ0v) is 26.6. The van der Waals surface area contributed by atoms with Crippen LogP contribution >= 0.6 is 0 Å². The third-order valence-corrected chi connectivity index (χ3v) is 10.9. The zero-order valence-electron chi connectivity index (χ0n) is 26.6. The molecule has 6 atom stereocenters. The van der Waals surface area contributed by atoms with Gasteiger partial charge in [-0.15, -0.1) is 0 Å². The highest BCUT2D eigenvalue weighted by Crippen LogP contribution is 2.65. The number of ketones is 1. The summed E-state index contributed by atoms with van der Waals surface area (Å²) < 4.78 is 0. The molecule has 1 aromatic rings. The topological polar surface area (TPSA) is 168 Å².